The molecule has 2 heteroatoms. The summed E-state index contributed by atoms with van der Waals surface area (Å²) in [5.74, 6) is 0.680. The van der Waals surface area contributed by atoms with E-state index < -0.39 is 0 Å². The van der Waals surface area contributed by atoms with Crippen molar-refractivity contribution in [3.05, 3.63) is 0 Å². The van der Waals surface area contributed by atoms with Crippen molar-refractivity contribution in [2.75, 3.05) is 7.11 Å². The summed E-state index contributed by atoms with van der Waals surface area (Å²) in [5.41, 5.74) is 0.278. The van der Waals surface area contributed by atoms with Gasteiger partial charge < -0.3 is 4.74 Å². The smallest absolute Gasteiger partial charge is 0.133 e. The molecule has 12 heavy (non-hydrogen) atoms. The number of carbonyl (C=O) groups excluding carboxylic acids is 1. The molecule has 68 valence electrons. The molecule has 0 aromatic carbocycles. The SMILES string of the molecule is COC1CC(C(C)=O)C12CCC2. The second kappa shape index (κ2) is 2.56. The minimum Gasteiger partial charge on any atom is -0.381 e. The summed E-state index contributed by atoms with van der Waals surface area (Å²) in [5, 5.41) is 0. The summed E-state index contributed by atoms with van der Waals surface area (Å²) in [6, 6.07) is 0. The number of ether oxygens (including phenoxy) is 1. The molecule has 1 spiro atoms. The first kappa shape index (κ1) is 8.24. The third-order valence-electron chi connectivity index (χ3n) is 3.84. The lowest BCUT2D eigenvalue weighted by molar-refractivity contribution is -0.188. The van der Waals surface area contributed by atoms with Crippen molar-refractivity contribution in [2.45, 2.75) is 38.7 Å². The van der Waals surface area contributed by atoms with Gasteiger partial charge in [0.2, 0.25) is 0 Å². The second-order valence-corrected chi connectivity index (χ2v) is 4.21. The van der Waals surface area contributed by atoms with Crippen LogP contribution in [0.4, 0.5) is 0 Å². The predicted molar refractivity (Wildman–Crippen MR) is 45.9 cm³/mol. The van der Waals surface area contributed by atoms with Crippen LogP contribution in [0.25, 0.3) is 0 Å². The van der Waals surface area contributed by atoms with Crippen LogP contribution < -0.4 is 0 Å². The van der Waals surface area contributed by atoms with E-state index in [1.165, 1.54) is 19.3 Å². The number of carbonyl (C=O) groups is 1. The Morgan fingerprint density at radius 2 is 2.17 bits per heavy atom. The monoisotopic (exact) mass is 168 g/mol. The first-order chi connectivity index (χ1) is 5.70. The van der Waals surface area contributed by atoms with Crippen LogP contribution in [-0.2, 0) is 9.53 Å². The summed E-state index contributed by atoms with van der Waals surface area (Å²) in [4.78, 5) is 11.2. The van der Waals surface area contributed by atoms with Crippen molar-refractivity contribution >= 4 is 5.78 Å². The Morgan fingerprint density at radius 1 is 1.50 bits per heavy atom. The Labute approximate surface area is 73.3 Å². The van der Waals surface area contributed by atoms with Gasteiger partial charge in [0.25, 0.3) is 0 Å². The fourth-order valence-electron chi connectivity index (χ4n) is 2.90. The van der Waals surface area contributed by atoms with E-state index in [0.717, 1.165) is 6.42 Å². The van der Waals surface area contributed by atoms with E-state index in [-0.39, 0.29) is 5.41 Å². The molecule has 2 unspecified atom stereocenters. The van der Waals surface area contributed by atoms with Crippen molar-refractivity contribution < 1.29 is 9.53 Å². The highest BCUT2D eigenvalue weighted by molar-refractivity contribution is 5.80. The van der Waals surface area contributed by atoms with Gasteiger partial charge in [-0.05, 0) is 26.2 Å². The van der Waals surface area contributed by atoms with Crippen LogP contribution in [0.1, 0.15) is 32.6 Å². The van der Waals surface area contributed by atoms with Gasteiger partial charge in [-0.25, -0.2) is 0 Å². The predicted octanol–water partition coefficient (Wildman–Crippen LogP) is 1.78. The summed E-state index contributed by atoms with van der Waals surface area (Å²) < 4.78 is 5.37. The normalized spacial score (nSPS) is 37.2. The Kier molecular flexibility index (Phi) is 1.76. The summed E-state index contributed by atoms with van der Waals surface area (Å²) in [6.45, 7) is 1.72. The fraction of sp³-hybridized carbons (Fsp3) is 0.900. The Hall–Kier alpha value is -0.370. The Balaban J connectivity index is 2.08. The molecule has 0 saturated heterocycles. The molecule has 2 nitrogen and oxygen atoms in total. The van der Waals surface area contributed by atoms with Gasteiger partial charge in [-0.15, -0.1) is 0 Å². The lowest BCUT2D eigenvalue weighted by atomic mass is 9.47. The van der Waals surface area contributed by atoms with Gasteiger partial charge in [0.1, 0.15) is 5.78 Å². The van der Waals surface area contributed by atoms with Crippen molar-refractivity contribution in [3.8, 4) is 0 Å². The number of methoxy groups -OCH3 is 1. The Bertz CT molecular complexity index is 206. The number of rotatable bonds is 2. The average Bonchev–Trinajstić information content (AvgIpc) is 1.81. The van der Waals surface area contributed by atoms with E-state index in [1.54, 1.807) is 14.0 Å². The standard InChI is InChI=1S/C10H16O2/c1-7(11)8-6-9(12-2)10(8)4-3-5-10/h8-9H,3-6H2,1-2H3. The van der Waals surface area contributed by atoms with Gasteiger partial charge in [-0.3, -0.25) is 4.79 Å². The molecule has 0 bridgehead atoms. The molecule has 2 aliphatic carbocycles. The highest BCUT2D eigenvalue weighted by Crippen LogP contribution is 2.61. The molecule has 2 fully saturated rings. The molecule has 2 atom stereocenters. The lowest BCUT2D eigenvalue weighted by Crippen LogP contribution is -2.60. The van der Waals surface area contributed by atoms with Crippen LogP contribution >= 0.6 is 0 Å². The third-order valence-corrected chi connectivity index (χ3v) is 3.84. The maximum absolute atomic E-state index is 11.2. The molecule has 2 aliphatic rings. The van der Waals surface area contributed by atoms with Gasteiger partial charge in [-0.1, -0.05) is 6.42 Å². The zero-order valence-electron chi connectivity index (χ0n) is 7.80. The van der Waals surface area contributed by atoms with Crippen molar-refractivity contribution in [3.63, 3.8) is 0 Å². The van der Waals surface area contributed by atoms with Crippen molar-refractivity contribution in [1.29, 1.82) is 0 Å². The zero-order chi connectivity index (χ0) is 8.77. The molecular formula is C10H16O2. The van der Waals surface area contributed by atoms with Crippen LogP contribution in [0.15, 0.2) is 0 Å². The molecule has 0 amide bonds. The lowest BCUT2D eigenvalue weighted by Gasteiger charge is -2.59. The van der Waals surface area contributed by atoms with Gasteiger partial charge in [0.05, 0.1) is 6.10 Å². The molecule has 0 aromatic heterocycles. The van der Waals surface area contributed by atoms with E-state index in [9.17, 15) is 4.79 Å². The molecule has 0 radical (unpaired) electrons. The number of Topliss-reactive ketones (excluding diaryl/α,β-unsaturated/α-hetero) is 1. The third kappa shape index (κ3) is 0.817. The molecule has 0 N–H and O–H groups in total. The minimum atomic E-state index is 0.278. The molecule has 2 rings (SSSR count). The zero-order valence-corrected chi connectivity index (χ0v) is 7.80. The topological polar surface area (TPSA) is 26.3 Å². The molecule has 0 heterocycles. The van der Waals surface area contributed by atoms with Crippen molar-refractivity contribution in [2.24, 2.45) is 11.3 Å². The van der Waals surface area contributed by atoms with E-state index in [4.69, 9.17) is 4.74 Å². The van der Waals surface area contributed by atoms with Crippen LogP contribution in [0.2, 0.25) is 0 Å². The first-order valence-electron chi connectivity index (χ1n) is 4.74. The van der Waals surface area contributed by atoms with Gasteiger partial charge in [0.15, 0.2) is 0 Å². The van der Waals surface area contributed by atoms with E-state index in [2.05, 4.69) is 0 Å². The van der Waals surface area contributed by atoms with E-state index in [1.807, 2.05) is 0 Å². The van der Waals surface area contributed by atoms with Crippen LogP contribution in [-0.4, -0.2) is 19.0 Å². The highest BCUT2D eigenvalue weighted by atomic mass is 16.5. The maximum Gasteiger partial charge on any atom is 0.133 e. The Morgan fingerprint density at radius 3 is 2.50 bits per heavy atom. The number of hydrogen-bond acceptors (Lipinski definition) is 2. The van der Waals surface area contributed by atoms with E-state index >= 15 is 0 Å². The van der Waals surface area contributed by atoms with Gasteiger partial charge in [0, 0.05) is 18.4 Å². The second-order valence-electron chi connectivity index (χ2n) is 4.21. The number of hydrogen-bond donors (Lipinski definition) is 0. The maximum atomic E-state index is 11.2. The van der Waals surface area contributed by atoms with Crippen molar-refractivity contribution in [1.82, 2.24) is 0 Å². The average molecular weight is 168 g/mol. The highest BCUT2D eigenvalue weighted by Gasteiger charge is 2.60. The largest absolute Gasteiger partial charge is 0.381 e. The van der Waals surface area contributed by atoms with Crippen LogP contribution in [0, 0.1) is 11.3 Å². The van der Waals surface area contributed by atoms with E-state index in [0.29, 0.717) is 17.8 Å². The molecule has 2 saturated carbocycles. The first-order valence-corrected chi connectivity index (χ1v) is 4.74. The summed E-state index contributed by atoms with van der Waals surface area (Å²) >= 11 is 0. The van der Waals surface area contributed by atoms with Gasteiger partial charge in [-0.2, -0.15) is 0 Å². The quantitative estimate of drug-likeness (QED) is 0.628. The minimum absolute atomic E-state index is 0.278. The molecule has 0 aromatic rings. The number of ketones is 1. The fourth-order valence-corrected chi connectivity index (χ4v) is 2.90. The van der Waals surface area contributed by atoms with Crippen LogP contribution in [0.5, 0.6) is 0 Å². The van der Waals surface area contributed by atoms with Gasteiger partial charge >= 0.3 is 0 Å². The summed E-state index contributed by atoms with van der Waals surface area (Å²) in [6.07, 6.45) is 5.03. The summed E-state index contributed by atoms with van der Waals surface area (Å²) in [7, 11) is 1.76. The molecule has 0 aliphatic heterocycles. The molecular weight excluding hydrogens is 152 g/mol. The van der Waals surface area contributed by atoms with Crippen LogP contribution in [0.3, 0.4) is 0 Å².